The number of sulfonamides is 1. The molecule has 3 aromatic heterocycles. The third kappa shape index (κ3) is 2.66. The van der Waals surface area contributed by atoms with Crippen molar-refractivity contribution in [1.29, 1.82) is 0 Å². The second-order valence-electron chi connectivity index (χ2n) is 7.22. The van der Waals surface area contributed by atoms with Crippen LogP contribution in [0.3, 0.4) is 0 Å². The van der Waals surface area contributed by atoms with Gasteiger partial charge in [-0.05, 0) is 31.0 Å². The van der Waals surface area contributed by atoms with Crippen molar-refractivity contribution in [2.75, 3.05) is 18.0 Å². The molecule has 11 heteroatoms. The molecule has 3 aromatic rings. The number of hydrogen-bond donors (Lipinski definition) is 3. The van der Waals surface area contributed by atoms with Crippen molar-refractivity contribution in [1.82, 2.24) is 24.8 Å². The van der Waals surface area contributed by atoms with E-state index in [4.69, 9.17) is 5.14 Å². The van der Waals surface area contributed by atoms with Gasteiger partial charge in [0, 0.05) is 19.3 Å². The van der Waals surface area contributed by atoms with E-state index in [2.05, 4.69) is 24.8 Å². The lowest BCUT2D eigenvalue weighted by molar-refractivity contribution is 0.0635. The molecule has 2 fully saturated rings. The van der Waals surface area contributed by atoms with Crippen LogP contribution in [0.2, 0.25) is 0 Å². The number of piperazine rings is 1. The van der Waals surface area contributed by atoms with Crippen LogP contribution in [-0.2, 0) is 10.0 Å². The third-order valence-electron chi connectivity index (χ3n) is 5.55. The Morgan fingerprint density at radius 2 is 1.89 bits per heavy atom. The number of H-pyrrole nitrogens is 2. The summed E-state index contributed by atoms with van der Waals surface area (Å²) >= 11 is 0. The zero-order valence-electron chi connectivity index (χ0n) is 14.9. The second-order valence-corrected chi connectivity index (χ2v) is 8.75. The fourth-order valence-corrected chi connectivity index (χ4v) is 4.83. The van der Waals surface area contributed by atoms with Crippen LogP contribution in [0.5, 0.6) is 0 Å². The van der Waals surface area contributed by atoms with Gasteiger partial charge in [0.05, 0.1) is 17.5 Å². The Morgan fingerprint density at radius 1 is 1.14 bits per heavy atom. The number of nitrogens with zero attached hydrogens (tertiary/aromatic N) is 4. The van der Waals surface area contributed by atoms with E-state index in [1.54, 1.807) is 6.33 Å². The molecule has 5 rings (SSSR count). The molecule has 10 nitrogen and oxygen atoms in total. The summed E-state index contributed by atoms with van der Waals surface area (Å²) in [7, 11) is -3.87. The van der Waals surface area contributed by atoms with E-state index in [0.29, 0.717) is 13.1 Å². The minimum absolute atomic E-state index is 0.0384. The maximum Gasteiger partial charge on any atom is 0.270 e. The third-order valence-corrected chi connectivity index (χ3v) is 6.40. The predicted octanol–water partition coefficient (Wildman–Crippen LogP) is 0.427. The lowest BCUT2D eigenvalue weighted by Crippen LogP contribution is -2.56. The fourth-order valence-electron chi connectivity index (χ4n) is 4.32. The molecule has 0 aliphatic carbocycles. The summed E-state index contributed by atoms with van der Waals surface area (Å²) in [5.74, 6) is 0.670. The molecule has 2 bridgehead atoms. The minimum atomic E-state index is -3.87. The topological polar surface area (TPSA) is 141 Å². The molecule has 146 valence electrons. The molecule has 0 saturated carbocycles. The van der Waals surface area contributed by atoms with Gasteiger partial charge >= 0.3 is 0 Å². The van der Waals surface area contributed by atoms with E-state index in [0.717, 1.165) is 29.7 Å². The highest BCUT2D eigenvalue weighted by atomic mass is 32.2. The Hall–Kier alpha value is -2.92. The molecule has 2 unspecified atom stereocenters. The standard InChI is InChI=1S/C17H19N7O3S/c18-28(26,27)14-4-3-13(22-14)17(25)24-10-1-2-11(24)8-23(7-10)16-12-5-6-19-15(12)20-9-21-16/h3-6,9-11,22H,1-2,7-8H2,(H2,18,26,27)(H,19,20,21). The fraction of sp³-hybridized carbons (Fsp3) is 0.353. The largest absolute Gasteiger partial charge is 0.352 e. The van der Waals surface area contributed by atoms with Crippen LogP contribution in [0, 0.1) is 0 Å². The number of hydrogen-bond acceptors (Lipinski definition) is 6. The number of aromatic nitrogens is 4. The average Bonchev–Trinajstić information content (AvgIpc) is 3.38. The van der Waals surface area contributed by atoms with Gasteiger partial charge in [0.25, 0.3) is 15.9 Å². The zero-order valence-corrected chi connectivity index (χ0v) is 15.7. The van der Waals surface area contributed by atoms with Crippen molar-refractivity contribution in [2.45, 2.75) is 30.0 Å². The molecule has 0 spiro atoms. The predicted molar refractivity (Wildman–Crippen MR) is 101 cm³/mol. The monoisotopic (exact) mass is 401 g/mol. The molecule has 2 aliphatic heterocycles. The summed E-state index contributed by atoms with van der Waals surface area (Å²) in [5.41, 5.74) is 1.03. The van der Waals surface area contributed by atoms with E-state index in [-0.39, 0.29) is 28.7 Å². The molecule has 2 aliphatic rings. The van der Waals surface area contributed by atoms with Gasteiger partial charge in [-0.1, -0.05) is 0 Å². The summed E-state index contributed by atoms with van der Waals surface area (Å²) in [5, 5.41) is 5.94. The molecular formula is C17H19N7O3S. The highest BCUT2D eigenvalue weighted by Crippen LogP contribution is 2.35. The smallest absolute Gasteiger partial charge is 0.270 e. The van der Waals surface area contributed by atoms with E-state index in [1.165, 1.54) is 12.1 Å². The lowest BCUT2D eigenvalue weighted by atomic mass is 10.1. The first kappa shape index (κ1) is 17.2. The molecule has 1 amide bonds. The normalized spacial score (nSPS) is 22.2. The molecule has 28 heavy (non-hydrogen) atoms. The number of fused-ring (bicyclic) bond motifs is 3. The summed E-state index contributed by atoms with van der Waals surface area (Å²) in [6.45, 7) is 1.34. The molecule has 4 N–H and O–H groups in total. The molecule has 0 aromatic carbocycles. The second kappa shape index (κ2) is 6.04. The van der Waals surface area contributed by atoms with E-state index < -0.39 is 10.0 Å². The van der Waals surface area contributed by atoms with Gasteiger partial charge in [-0.3, -0.25) is 4.79 Å². The lowest BCUT2D eigenvalue weighted by Gasteiger charge is -2.41. The number of primary sulfonamides is 1. The molecular weight excluding hydrogens is 382 g/mol. The van der Waals surface area contributed by atoms with Gasteiger partial charge in [-0.15, -0.1) is 0 Å². The van der Waals surface area contributed by atoms with Crippen LogP contribution in [-0.4, -0.2) is 64.3 Å². The van der Waals surface area contributed by atoms with Gasteiger partial charge in [-0.2, -0.15) is 0 Å². The van der Waals surface area contributed by atoms with Crippen molar-refractivity contribution in [3.05, 3.63) is 36.4 Å². The Morgan fingerprint density at radius 3 is 2.57 bits per heavy atom. The molecule has 5 heterocycles. The molecule has 2 atom stereocenters. The van der Waals surface area contributed by atoms with Gasteiger partial charge in [0.15, 0.2) is 0 Å². The highest BCUT2D eigenvalue weighted by Gasteiger charge is 2.43. The first-order valence-electron chi connectivity index (χ1n) is 8.99. The van der Waals surface area contributed by atoms with Crippen molar-refractivity contribution >= 4 is 32.8 Å². The number of anilines is 1. The van der Waals surface area contributed by atoms with E-state index in [1.807, 2.05) is 17.2 Å². The maximum absolute atomic E-state index is 13.0. The summed E-state index contributed by atoms with van der Waals surface area (Å²) < 4.78 is 22.9. The number of nitrogens with two attached hydrogens (primary N) is 1. The van der Waals surface area contributed by atoms with Crippen LogP contribution in [0.1, 0.15) is 23.3 Å². The number of aromatic amines is 2. The van der Waals surface area contributed by atoms with Gasteiger partial charge in [0.2, 0.25) is 0 Å². The zero-order chi connectivity index (χ0) is 19.5. The Kier molecular flexibility index (Phi) is 3.71. The average molecular weight is 401 g/mol. The first-order valence-corrected chi connectivity index (χ1v) is 10.5. The quantitative estimate of drug-likeness (QED) is 0.581. The number of carbonyl (C=O) groups excluding carboxylic acids is 1. The summed E-state index contributed by atoms with van der Waals surface area (Å²) in [6, 6.07) is 4.83. The number of carbonyl (C=O) groups is 1. The van der Waals surface area contributed by atoms with Gasteiger partial charge in [-0.25, -0.2) is 23.5 Å². The number of nitrogens with one attached hydrogen (secondary N) is 2. The van der Waals surface area contributed by atoms with Crippen molar-refractivity contribution < 1.29 is 13.2 Å². The SMILES string of the molecule is NS(=O)(=O)c1ccc(C(=O)N2C3CCC2CN(c2ncnc4[nH]ccc24)C3)[nH]1. The van der Waals surface area contributed by atoms with Gasteiger partial charge in [0.1, 0.15) is 28.5 Å². The van der Waals surface area contributed by atoms with Crippen LogP contribution >= 0.6 is 0 Å². The first-order chi connectivity index (χ1) is 13.4. The van der Waals surface area contributed by atoms with Crippen LogP contribution in [0.4, 0.5) is 5.82 Å². The number of amides is 1. The van der Waals surface area contributed by atoms with E-state index in [9.17, 15) is 13.2 Å². The van der Waals surface area contributed by atoms with Crippen molar-refractivity contribution in [3.8, 4) is 0 Å². The van der Waals surface area contributed by atoms with Crippen LogP contribution in [0.25, 0.3) is 11.0 Å². The van der Waals surface area contributed by atoms with Gasteiger partial charge < -0.3 is 19.8 Å². The van der Waals surface area contributed by atoms with E-state index >= 15 is 0 Å². The molecule has 0 radical (unpaired) electrons. The van der Waals surface area contributed by atoms with Crippen molar-refractivity contribution in [3.63, 3.8) is 0 Å². The summed E-state index contributed by atoms with van der Waals surface area (Å²) in [4.78, 5) is 31.5. The van der Waals surface area contributed by atoms with Crippen LogP contribution < -0.4 is 10.0 Å². The Balaban J connectivity index is 1.41. The Bertz CT molecular complexity index is 1150. The number of rotatable bonds is 3. The minimum Gasteiger partial charge on any atom is -0.352 e. The Labute approximate surface area is 160 Å². The molecule has 2 saturated heterocycles. The van der Waals surface area contributed by atoms with Crippen molar-refractivity contribution in [2.24, 2.45) is 5.14 Å². The van der Waals surface area contributed by atoms with Crippen LogP contribution in [0.15, 0.2) is 35.7 Å². The summed E-state index contributed by atoms with van der Waals surface area (Å²) in [6.07, 6.45) is 5.18. The highest BCUT2D eigenvalue weighted by molar-refractivity contribution is 7.89. The maximum atomic E-state index is 13.0.